The molecule has 0 fully saturated rings. The predicted molar refractivity (Wildman–Crippen MR) is 116 cm³/mol. The van der Waals surface area contributed by atoms with E-state index < -0.39 is 5.91 Å². The van der Waals surface area contributed by atoms with Crippen LogP contribution in [-0.4, -0.2) is 24.3 Å². The third-order valence-electron chi connectivity index (χ3n) is 4.50. The molecule has 0 heterocycles. The molecule has 152 valence electrons. The minimum atomic E-state index is -0.422. The van der Waals surface area contributed by atoms with Crippen LogP contribution in [0, 0.1) is 13.8 Å². The monoisotopic (exact) mass is 402 g/mol. The molecule has 3 aromatic carbocycles. The number of aromatic hydroxyl groups is 1. The summed E-state index contributed by atoms with van der Waals surface area (Å²) < 4.78 is 5.17. The first-order chi connectivity index (χ1) is 14.5. The molecule has 0 radical (unpaired) electrons. The van der Waals surface area contributed by atoms with Gasteiger partial charge in [-0.25, -0.2) is 5.43 Å². The Hall–Kier alpha value is -4.00. The van der Waals surface area contributed by atoms with Crippen LogP contribution >= 0.6 is 0 Å². The number of ether oxygens (including phenoxy) is 1. The van der Waals surface area contributed by atoms with E-state index >= 15 is 0 Å². The van der Waals surface area contributed by atoms with Crippen LogP contribution in [0.15, 0.2) is 76.0 Å². The second kappa shape index (κ2) is 9.47. The lowest BCUT2D eigenvalue weighted by atomic mass is 10.1. The van der Waals surface area contributed by atoms with Crippen molar-refractivity contribution in [2.45, 2.75) is 13.8 Å². The zero-order valence-corrected chi connectivity index (χ0v) is 17.0. The highest BCUT2D eigenvalue weighted by atomic mass is 16.5. The Labute approximate surface area is 174 Å². The van der Waals surface area contributed by atoms with E-state index in [0.717, 1.165) is 11.3 Å². The number of aryl methyl sites for hydroxylation is 2. The van der Waals surface area contributed by atoms with Gasteiger partial charge >= 0.3 is 0 Å². The zero-order valence-electron chi connectivity index (χ0n) is 17.0. The van der Waals surface area contributed by atoms with Gasteiger partial charge in [0, 0.05) is 5.56 Å². The van der Waals surface area contributed by atoms with Crippen molar-refractivity contribution in [1.82, 2.24) is 5.43 Å². The number of nitrogens with one attached hydrogen (secondary N) is 1. The van der Waals surface area contributed by atoms with E-state index in [2.05, 4.69) is 20.8 Å². The van der Waals surface area contributed by atoms with Gasteiger partial charge in [0.2, 0.25) is 0 Å². The molecule has 0 bridgehead atoms. The summed E-state index contributed by atoms with van der Waals surface area (Å²) in [6.45, 7) is 4.05. The lowest BCUT2D eigenvalue weighted by Crippen LogP contribution is -2.18. The largest absolute Gasteiger partial charge is 0.507 e. The second-order valence-electron chi connectivity index (χ2n) is 6.61. The normalized spacial score (nSPS) is 11.2. The topological polar surface area (TPSA) is 95.6 Å². The summed E-state index contributed by atoms with van der Waals surface area (Å²) in [6.07, 6.45) is 1.34. The van der Waals surface area contributed by atoms with E-state index in [1.165, 1.54) is 25.0 Å². The summed E-state index contributed by atoms with van der Waals surface area (Å²) in [6, 6.07) is 17.4. The molecular formula is C23H22N4O3. The number of para-hydroxylation sites is 1. The number of amides is 1. The van der Waals surface area contributed by atoms with Crippen molar-refractivity contribution < 1.29 is 14.6 Å². The number of hydrazone groups is 1. The smallest absolute Gasteiger partial charge is 0.275 e. The first kappa shape index (κ1) is 20.7. The molecule has 0 aliphatic rings. The molecule has 0 saturated carbocycles. The lowest BCUT2D eigenvalue weighted by molar-refractivity contribution is 0.0952. The Balaban J connectivity index is 1.72. The third kappa shape index (κ3) is 5.08. The van der Waals surface area contributed by atoms with Crippen LogP contribution in [0.2, 0.25) is 0 Å². The van der Waals surface area contributed by atoms with Gasteiger partial charge in [-0.1, -0.05) is 18.2 Å². The average molecular weight is 402 g/mol. The summed E-state index contributed by atoms with van der Waals surface area (Å²) in [5.74, 6) is 0.0333. The van der Waals surface area contributed by atoms with Crippen LogP contribution in [0.4, 0.5) is 11.4 Å². The summed E-state index contributed by atoms with van der Waals surface area (Å²) in [7, 11) is 1.49. The molecule has 7 heteroatoms. The molecule has 0 saturated heterocycles. The van der Waals surface area contributed by atoms with E-state index in [9.17, 15) is 9.90 Å². The standard InChI is InChI=1S/C23H22N4O3/c1-15-8-9-18(12-16(15)2)25-26-19-10-11-21(28)17(13-19)14-24-27-23(29)20-6-4-5-7-22(20)30-3/h4-14,28H,1-3H3,(H,27,29)/b24-14-,26-25?. The lowest BCUT2D eigenvalue weighted by Gasteiger charge is -2.06. The number of carbonyl (C=O) groups excluding carboxylic acids is 1. The molecule has 30 heavy (non-hydrogen) atoms. The maximum absolute atomic E-state index is 12.3. The Morgan fingerprint density at radius 3 is 2.40 bits per heavy atom. The second-order valence-corrected chi connectivity index (χ2v) is 6.61. The van der Waals surface area contributed by atoms with E-state index in [-0.39, 0.29) is 5.75 Å². The molecule has 7 nitrogen and oxygen atoms in total. The van der Waals surface area contributed by atoms with Crippen LogP contribution in [-0.2, 0) is 0 Å². The number of carbonyl (C=O) groups is 1. The Bertz CT molecular complexity index is 1120. The van der Waals surface area contributed by atoms with Crippen molar-refractivity contribution in [3.8, 4) is 11.5 Å². The molecule has 0 atom stereocenters. The van der Waals surface area contributed by atoms with Gasteiger partial charge in [0.25, 0.3) is 5.91 Å². The van der Waals surface area contributed by atoms with Crippen molar-refractivity contribution >= 4 is 23.5 Å². The van der Waals surface area contributed by atoms with Gasteiger partial charge in [-0.15, -0.1) is 0 Å². The Morgan fingerprint density at radius 2 is 1.67 bits per heavy atom. The van der Waals surface area contributed by atoms with Crippen LogP contribution < -0.4 is 10.2 Å². The summed E-state index contributed by atoms with van der Waals surface area (Å²) in [4.78, 5) is 12.3. The molecule has 3 rings (SSSR count). The molecule has 0 spiro atoms. The SMILES string of the molecule is COc1ccccc1C(=O)N/N=C\c1cc(N=Nc2ccc(C)c(C)c2)ccc1O. The van der Waals surface area contributed by atoms with E-state index in [4.69, 9.17) is 4.74 Å². The summed E-state index contributed by atoms with van der Waals surface area (Å²) >= 11 is 0. The van der Waals surface area contributed by atoms with Gasteiger partial charge < -0.3 is 9.84 Å². The van der Waals surface area contributed by atoms with Crippen molar-refractivity contribution in [3.05, 3.63) is 82.9 Å². The number of azo groups is 1. The number of nitrogens with zero attached hydrogens (tertiary/aromatic N) is 3. The number of methoxy groups -OCH3 is 1. The van der Waals surface area contributed by atoms with Gasteiger partial charge in [0.15, 0.2) is 0 Å². The number of phenols is 1. The van der Waals surface area contributed by atoms with Crippen molar-refractivity contribution in [2.75, 3.05) is 7.11 Å². The number of hydrogen-bond acceptors (Lipinski definition) is 6. The molecule has 0 aliphatic heterocycles. The fraction of sp³-hybridized carbons (Fsp3) is 0.130. The van der Waals surface area contributed by atoms with Gasteiger partial charge in [-0.2, -0.15) is 15.3 Å². The summed E-state index contributed by atoms with van der Waals surface area (Å²) in [5.41, 5.74) is 6.79. The van der Waals surface area contributed by atoms with E-state index in [0.29, 0.717) is 22.6 Å². The van der Waals surface area contributed by atoms with Crippen molar-refractivity contribution in [1.29, 1.82) is 0 Å². The molecule has 0 aliphatic carbocycles. The number of benzene rings is 3. The van der Waals surface area contributed by atoms with E-state index in [1.54, 1.807) is 36.4 Å². The van der Waals surface area contributed by atoms with Crippen LogP contribution in [0.5, 0.6) is 11.5 Å². The number of rotatable bonds is 6. The van der Waals surface area contributed by atoms with E-state index in [1.807, 2.05) is 32.0 Å². The highest BCUT2D eigenvalue weighted by Gasteiger charge is 2.10. The van der Waals surface area contributed by atoms with Crippen molar-refractivity contribution in [2.24, 2.45) is 15.3 Å². The highest BCUT2D eigenvalue weighted by Crippen LogP contribution is 2.25. The van der Waals surface area contributed by atoms with Crippen LogP contribution in [0.25, 0.3) is 0 Å². The molecule has 0 unspecified atom stereocenters. The molecule has 2 N–H and O–H groups in total. The maximum Gasteiger partial charge on any atom is 0.275 e. The van der Waals surface area contributed by atoms with Gasteiger partial charge in [0.1, 0.15) is 11.5 Å². The minimum Gasteiger partial charge on any atom is -0.507 e. The number of hydrogen-bond donors (Lipinski definition) is 2. The van der Waals surface area contributed by atoms with Gasteiger partial charge in [-0.3, -0.25) is 4.79 Å². The fourth-order valence-corrected chi connectivity index (χ4v) is 2.66. The molecule has 1 amide bonds. The first-order valence-electron chi connectivity index (χ1n) is 9.26. The predicted octanol–water partition coefficient (Wildman–Crippen LogP) is 5.20. The quantitative estimate of drug-likeness (QED) is 0.337. The number of phenolic OH excluding ortho intramolecular Hbond substituents is 1. The van der Waals surface area contributed by atoms with Crippen LogP contribution in [0.1, 0.15) is 27.0 Å². The van der Waals surface area contributed by atoms with Crippen molar-refractivity contribution in [3.63, 3.8) is 0 Å². The summed E-state index contributed by atoms with van der Waals surface area (Å²) in [5, 5.41) is 22.4. The Morgan fingerprint density at radius 1 is 0.967 bits per heavy atom. The highest BCUT2D eigenvalue weighted by molar-refractivity contribution is 5.97. The molecule has 0 aromatic heterocycles. The minimum absolute atomic E-state index is 0.00965. The van der Waals surface area contributed by atoms with Crippen LogP contribution in [0.3, 0.4) is 0 Å². The maximum atomic E-state index is 12.3. The average Bonchev–Trinajstić information content (AvgIpc) is 2.76. The molecular weight excluding hydrogens is 380 g/mol. The van der Waals surface area contributed by atoms with Gasteiger partial charge in [0.05, 0.1) is 30.3 Å². The van der Waals surface area contributed by atoms with Gasteiger partial charge in [-0.05, 0) is 67.4 Å². The fourth-order valence-electron chi connectivity index (χ4n) is 2.66. The third-order valence-corrected chi connectivity index (χ3v) is 4.50. The molecule has 3 aromatic rings. The first-order valence-corrected chi connectivity index (χ1v) is 9.26. The zero-order chi connectivity index (χ0) is 21.5. The Kier molecular flexibility index (Phi) is 6.54.